The van der Waals surface area contributed by atoms with Crippen molar-refractivity contribution in [3.05, 3.63) is 28.8 Å². The summed E-state index contributed by atoms with van der Waals surface area (Å²) in [5.74, 6) is 0. The summed E-state index contributed by atoms with van der Waals surface area (Å²) in [5, 5.41) is 3.40. The van der Waals surface area contributed by atoms with Gasteiger partial charge in [0.1, 0.15) is 4.90 Å². The van der Waals surface area contributed by atoms with Crippen molar-refractivity contribution in [3.63, 3.8) is 0 Å². The van der Waals surface area contributed by atoms with Crippen LogP contribution in [0, 0.1) is 6.92 Å². The number of halogens is 2. The molecule has 0 aliphatic carbocycles. The van der Waals surface area contributed by atoms with Gasteiger partial charge < -0.3 is 5.32 Å². The normalized spacial score (nSPS) is 20.3. The molecule has 0 radical (unpaired) electrons. The second-order valence-corrected chi connectivity index (χ2v) is 6.88. The fraction of sp³-hybridized carbons (Fsp3) is 0.500. The van der Waals surface area contributed by atoms with Crippen LogP contribution in [0.1, 0.15) is 12.0 Å². The third-order valence-corrected chi connectivity index (χ3v) is 5.61. The lowest BCUT2D eigenvalue weighted by atomic mass is 10.2. The van der Waals surface area contributed by atoms with Gasteiger partial charge in [-0.3, -0.25) is 0 Å². The van der Waals surface area contributed by atoms with Crippen molar-refractivity contribution in [1.29, 1.82) is 0 Å². The van der Waals surface area contributed by atoms with Crippen molar-refractivity contribution in [2.24, 2.45) is 0 Å². The van der Waals surface area contributed by atoms with E-state index >= 15 is 0 Å². The van der Waals surface area contributed by atoms with Gasteiger partial charge in [-0.2, -0.15) is 4.31 Å². The minimum Gasteiger partial charge on any atom is -0.316 e. The van der Waals surface area contributed by atoms with E-state index in [-0.39, 0.29) is 23.3 Å². The maximum atomic E-state index is 12.4. The summed E-state index contributed by atoms with van der Waals surface area (Å²) in [6.45, 7) is 2.93. The van der Waals surface area contributed by atoms with Crippen LogP contribution in [0.5, 0.6) is 0 Å². The Labute approximate surface area is 125 Å². The van der Waals surface area contributed by atoms with Gasteiger partial charge in [0, 0.05) is 19.1 Å². The van der Waals surface area contributed by atoms with Crippen molar-refractivity contribution >= 4 is 34.0 Å². The van der Waals surface area contributed by atoms with Gasteiger partial charge in [0.15, 0.2) is 0 Å². The van der Waals surface area contributed by atoms with Gasteiger partial charge in [-0.25, -0.2) is 8.42 Å². The average molecular weight is 325 g/mol. The molecule has 1 aromatic carbocycles. The van der Waals surface area contributed by atoms with Crippen molar-refractivity contribution in [2.45, 2.75) is 24.3 Å². The number of benzene rings is 1. The third kappa shape index (κ3) is 3.41. The molecule has 0 spiro atoms. The van der Waals surface area contributed by atoms with E-state index < -0.39 is 10.0 Å². The summed E-state index contributed by atoms with van der Waals surface area (Å²) in [4.78, 5) is 0.200. The van der Waals surface area contributed by atoms with E-state index in [9.17, 15) is 8.42 Å². The summed E-state index contributed by atoms with van der Waals surface area (Å²) in [6, 6.07) is 5.26. The molecule has 0 bridgehead atoms. The quantitative estimate of drug-likeness (QED) is 0.925. The molecule has 19 heavy (non-hydrogen) atoms. The first kappa shape index (κ1) is 16.7. The molecule has 1 aromatic rings. The molecular formula is C12H18Cl2N2O2S. The van der Waals surface area contributed by atoms with Crippen LogP contribution in [-0.4, -0.2) is 38.9 Å². The van der Waals surface area contributed by atoms with E-state index in [1.807, 2.05) is 14.0 Å². The van der Waals surface area contributed by atoms with E-state index in [1.54, 1.807) is 18.2 Å². The molecule has 0 amide bonds. The average Bonchev–Trinajstić information content (AvgIpc) is 2.77. The van der Waals surface area contributed by atoms with E-state index in [2.05, 4.69) is 5.32 Å². The van der Waals surface area contributed by atoms with Gasteiger partial charge >= 0.3 is 0 Å². The van der Waals surface area contributed by atoms with Gasteiger partial charge in [0.2, 0.25) is 10.0 Å². The van der Waals surface area contributed by atoms with Crippen LogP contribution in [0.25, 0.3) is 0 Å². The highest BCUT2D eigenvalue weighted by molar-refractivity contribution is 7.89. The van der Waals surface area contributed by atoms with Gasteiger partial charge in [-0.05, 0) is 38.1 Å². The Hall–Kier alpha value is -0.330. The Morgan fingerprint density at radius 3 is 2.63 bits per heavy atom. The largest absolute Gasteiger partial charge is 0.316 e. The molecule has 1 saturated heterocycles. The molecule has 1 N–H and O–H groups in total. The Kier molecular flexibility index (Phi) is 5.65. The molecule has 1 fully saturated rings. The van der Waals surface area contributed by atoms with Crippen LogP contribution < -0.4 is 5.32 Å². The SMILES string of the molecule is CNC1CCN(S(=O)(=O)c2ccc(C)cc2Cl)C1.Cl. The third-order valence-electron chi connectivity index (χ3n) is 3.26. The molecule has 1 atom stereocenters. The molecule has 0 saturated carbocycles. The Bertz CT molecular complexity index is 549. The molecule has 1 unspecified atom stereocenters. The van der Waals surface area contributed by atoms with Crippen molar-refractivity contribution in [1.82, 2.24) is 9.62 Å². The first-order chi connectivity index (χ1) is 8.45. The predicted molar refractivity (Wildman–Crippen MR) is 79.7 cm³/mol. The standard InChI is InChI=1S/C12H17ClN2O2S.ClH/c1-9-3-4-12(11(13)7-9)18(16,17)15-6-5-10(8-15)14-2;/h3-4,7,10,14H,5-6,8H2,1-2H3;1H. The Balaban J connectivity index is 0.00000180. The summed E-state index contributed by atoms with van der Waals surface area (Å²) in [5.41, 5.74) is 0.952. The van der Waals surface area contributed by atoms with Gasteiger partial charge in [0.05, 0.1) is 5.02 Å². The molecule has 1 aliphatic heterocycles. The zero-order chi connectivity index (χ0) is 13.3. The van der Waals surface area contributed by atoms with E-state index in [0.717, 1.165) is 12.0 Å². The minimum absolute atomic E-state index is 0. The topological polar surface area (TPSA) is 49.4 Å². The molecule has 2 rings (SSSR count). The molecule has 7 heteroatoms. The van der Waals surface area contributed by atoms with Crippen LogP contribution in [0.2, 0.25) is 5.02 Å². The van der Waals surface area contributed by atoms with Gasteiger partial charge in [-0.15, -0.1) is 12.4 Å². The van der Waals surface area contributed by atoms with Crippen LogP contribution in [0.3, 0.4) is 0 Å². The smallest absolute Gasteiger partial charge is 0.244 e. The lowest BCUT2D eigenvalue weighted by Gasteiger charge is -2.17. The zero-order valence-corrected chi connectivity index (χ0v) is 13.3. The highest BCUT2D eigenvalue weighted by Gasteiger charge is 2.32. The molecule has 108 valence electrons. The highest BCUT2D eigenvalue weighted by atomic mass is 35.5. The highest BCUT2D eigenvalue weighted by Crippen LogP contribution is 2.27. The first-order valence-corrected chi connectivity index (χ1v) is 7.70. The van der Waals surface area contributed by atoms with Gasteiger partial charge in [-0.1, -0.05) is 17.7 Å². The van der Waals surface area contributed by atoms with Crippen LogP contribution in [0.4, 0.5) is 0 Å². The van der Waals surface area contributed by atoms with Gasteiger partial charge in [0.25, 0.3) is 0 Å². The molecule has 4 nitrogen and oxygen atoms in total. The predicted octanol–water partition coefficient (Wildman–Crippen LogP) is 2.05. The molecule has 0 aromatic heterocycles. The number of aryl methyl sites for hydroxylation is 1. The van der Waals surface area contributed by atoms with E-state index in [4.69, 9.17) is 11.6 Å². The van der Waals surface area contributed by atoms with Crippen LogP contribution >= 0.6 is 24.0 Å². The van der Waals surface area contributed by atoms with Crippen LogP contribution in [0.15, 0.2) is 23.1 Å². The summed E-state index contributed by atoms with van der Waals surface area (Å²) in [7, 11) is -1.62. The van der Waals surface area contributed by atoms with E-state index in [0.29, 0.717) is 18.1 Å². The number of rotatable bonds is 3. The Morgan fingerprint density at radius 2 is 2.11 bits per heavy atom. The number of nitrogens with zero attached hydrogens (tertiary/aromatic N) is 1. The lowest BCUT2D eigenvalue weighted by Crippen LogP contribution is -2.33. The van der Waals surface area contributed by atoms with E-state index in [1.165, 1.54) is 4.31 Å². The summed E-state index contributed by atoms with van der Waals surface area (Å²) in [6.07, 6.45) is 0.833. The van der Waals surface area contributed by atoms with Crippen molar-refractivity contribution in [2.75, 3.05) is 20.1 Å². The second-order valence-electron chi connectivity index (χ2n) is 4.57. The number of hydrogen-bond acceptors (Lipinski definition) is 3. The monoisotopic (exact) mass is 324 g/mol. The number of sulfonamides is 1. The number of likely N-dealkylation sites (N-methyl/N-ethyl adjacent to an activating group) is 1. The number of hydrogen-bond donors (Lipinski definition) is 1. The van der Waals surface area contributed by atoms with Crippen molar-refractivity contribution < 1.29 is 8.42 Å². The first-order valence-electron chi connectivity index (χ1n) is 5.88. The second kappa shape index (κ2) is 6.41. The molecule has 1 heterocycles. The molecule has 1 aliphatic rings. The summed E-state index contributed by atoms with van der Waals surface area (Å²) < 4.78 is 26.4. The number of nitrogens with one attached hydrogen (secondary N) is 1. The lowest BCUT2D eigenvalue weighted by molar-refractivity contribution is 0.464. The maximum absolute atomic E-state index is 12.4. The fourth-order valence-corrected chi connectivity index (χ4v) is 4.21. The Morgan fingerprint density at radius 1 is 1.42 bits per heavy atom. The van der Waals surface area contributed by atoms with Crippen LogP contribution in [-0.2, 0) is 10.0 Å². The minimum atomic E-state index is -3.47. The molecular weight excluding hydrogens is 307 g/mol. The van der Waals surface area contributed by atoms with Crippen molar-refractivity contribution in [3.8, 4) is 0 Å². The zero-order valence-electron chi connectivity index (χ0n) is 10.9. The fourth-order valence-electron chi connectivity index (χ4n) is 2.14. The maximum Gasteiger partial charge on any atom is 0.244 e. The summed E-state index contributed by atoms with van der Waals surface area (Å²) >= 11 is 6.04.